The van der Waals surface area contributed by atoms with Crippen molar-refractivity contribution in [3.05, 3.63) is 47.3 Å². The molecule has 5 rings (SSSR count). The van der Waals surface area contributed by atoms with Crippen LogP contribution >= 0.6 is 0 Å². The number of aromatic amines is 1. The van der Waals surface area contributed by atoms with Crippen LogP contribution in [0.3, 0.4) is 0 Å². The number of nitrogens with zero attached hydrogens (tertiary/aromatic N) is 7. The number of ether oxygens (including phenoxy) is 1. The van der Waals surface area contributed by atoms with Crippen LogP contribution in [0.5, 0.6) is 5.75 Å². The number of fused-ring (bicyclic) bond motifs is 1. The highest BCUT2D eigenvalue weighted by molar-refractivity contribution is 5.43. The molecule has 1 N–H and O–H groups in total. The summed E-state index contributed by atoms with van der Waals surface area (Å²) in [4.78, 5) is 12.0. The number of para-hydroxylation sites is 1. The van der Waals surface area contributed by atoms with E-state index in [9.17, 15) is 13.2 Å². The highest BCUT2D eigenvalue weighted by Crippen LogP contribution is 2.37. The number of rotatable bonds is 3. The van der Waals surface area contributed by atoms with Gasteiger partial charge in [0.05, 0.1) is 12.5 Å². The standard InChI is InChI=1S/C17H13F3N8O2/c1-8-21-13(26-28(8)16-23-15(24-25-16)17(18,19)20)14-22-12(27-30-14)10-6-7-29-11-5-3-2-4-9(10)11/h2-5,10H,6-7H2,1H3,(H,23,24,25). The van der Waals surface area contributed by atoms with E-state index in [4.69, 9.17) is 9.26 Å². The summed E-state index contributed by atoms with van der Waals surface area (Å²) in [5.74, 6) is -0.0569. The molecule has 1 atom stereocenters. The molecule has 1 aliphatic rings. The molecule has 154 valence electrons. The minimum absolute atomic E-state index is 0.0439. The van der Waals surface area contributed by atoms with Crippen LogP contribution in [-0.4, -0.2) is 46.7 Å². The Hall–Kier alpha value is -3.77. The predicted molar refractivity (Wildman–Crippen MR) is 92.7 cm³/mol. The van der Waals surface area contributed by atoms with Gasteiger partial charge in [0, 0.05) is 5.56 Å². The summed E-state index contributed by atoms with van der Waals surface area (Å²) in [6, 6.07) is 7.60. The maximum atomic E-state index is 12.8. The van der Waals surface area contributed by atoms with Crippen molar-refractivity contribution in [2.75, 3.05) is 6.61 Å². The second kappa shape index (κ2) is 6.64. The van der Waals surface area contributed by atoms with Crippen LogP contribution < -0.4 is 4.74 Å². The molecule has 0 fully saturated rings. The Bertz CT molecular complexity index is 1210. The Morgan fingerprint density at radius 2 is 2.00 bits per heavy atom. The van der Waals surface area contributed by atoms with Gasteiger partial charge in [-0.2, -0.15) is 27.8 Å². The van der Waals surface area contributed by atoms with Gasteiger partial charge in [-0.3, -0.25) is 5.10 Å². The summed E-state index contributed by atoms with van der Waals surface area (Å²) >= 11 is 0. The summed E-state index contributed by atoms with van der Waals surface area (Å²) in [6.45, 7) is 2.07. The molecule has 1 aliphatic heterocycles. The number of halogens is 3. The Balaban J connectivity index is 1.46. The number of H-pyrrole nitrogens is 1. The fourth-order valence-corrected chi connectivity index (χ4v) is 3.22. The van der Waals surface area contributed by atoms with E-state index in [1.807, 2.05) is 29.4 Å². The number of aromatic nitrogens is 8. The lowest BCUT2D eigenvalue weighted by Crippen LogP contribution is -2.16. The van der Waals surface area contributed by atoms with Gasteiger partial charge in [-0.05, 0) is 19.4 Å². The van der Waals surface area contributed by atoms with Crippen LogP contribution in [0, 0.1) is 6.92 Å². The number of alkyl halides is 3. The lowest BCUT2D eigenvalue weighted by molar-refractivity contribution is -0.144. The van der Waals surface area contributed by atoms with Crippen molar-refractivity contribution in [1.29, 1.82) is 0 Å². The monoisotopic (exact) mass is 418 g/mol. The summed E-state index contributed by atoms with van der Waals surface area (Å²) in [7, 11) is 0. The maximum absolute atomic E-state index is 12.8. The summed E-state index contributed by atoms with van der Waals surface area (Å²) in [5.41, 5.74) is 0.950. The zero-order valence-electron chi connectivity index (χ0n) is 15.4. The van der Waals surface area contributed by atoms with E-state index in [-0.39, 0.29) is 29.4 Å². The van der Waals surface area contributed by atoms with Gasteiger partial charge in [-0.15, -0.1) is 10.2 Å². The molecule has 0 saturated heterocycles. The SMILES string of the molecule is Cc1nc(-c2nc(C3CCOc4ccccc43)no2)nn1-c1n[nH]c(C(F)(F)F)n1. The van der Waals surface area contributed by atoms with E-state index in [0.29, 0.717) is 18.9 Å². The molecule has 30 heavy (non-hydrogen) atoms. The molecule has 13 heteroatoms. The molecule has 0 bridgehead atoms. The summed E-state index contributed by atoms with van der Waals surface area (Å²) in [5, 5.41) is 13.6. The summed E-state index contributed by atoms with van der Waals surface area (Å²) in [6.07, 6.45) is -3.97. The molecule has 4 heterocycles. The molecule has 3 aromatic heterocycles. The smallest absolute Gasteiger partial charge is 0.451 e. The van der Waals surface area contributed by atoms with Crippen LogP contribution in [0.1, 0.15) is 35.4 Å². The molecule has 0 saturated carbocycles. The molecule has 10 nitrogen and oxygen atoms in total. The third-order valence-corrected chi connectivity index (χ3v) is 4.60. The lowest BCUT2D eigenvalue weighted by Gasteiger charge is -2.23. The van der Waals surface area contributed by atoms with Gasteiger partial charge in [0.15, 0.2) is 5.82 Å². The first-order chi connectivity index (χ1) is 14.4. The second-order valence-corrected chi connectivity index (χ2v) is 6.56. The Labute approximate surface area is 166 Å². The van der Waals surface area contributed by atoms with Crippen molar-refractivity contribution in [2.45, 2.75) is 25.4 Å². The molecule has 0 spiro atoms. The Morgan fingerprint density at radius 1 is 1.17 bits per heavy atom. The normalized spacial score (nSPS) is 16.3. The Kier molecular flexibility index (Phi) is 4.04. The van der Waals surface area contributed by atoms with E-state index in [0.717, 1.165) is 16.0 Å². The average molecular weight is 418 g/mol. The minimum Gasteiger partial charge on any atom is -0.493 e. The van der Waals surface area contributed by atoms with Crippen molar-refractivity contribution in [3.63, 3.8) is 0 Å². The number of benzene rings is 1. The van der Waals surface area contributed by atoms with Gasteiger partial charge < -0.3 is 9.26 Å². The van der Waals surface area contributed by atoms with Crippen LogP contribution in [0.4, 0.5) is 13.2 Å². The molecule has 0 radical (unpaired) electrons. The molecule has 1 unspecified atom stereocenters. The van der Waals surface area contributed by atoms with Gasteiger partial charge in [0.25, 0.3) is 11.8 Å². The number of aryl methyl sites for hydroxylation is 1. The largest absolute Gasteiger partial charge is 0.493 e. The molecule has 0 amide bonds. The van der Waals surface area contributed by atoms with Gasteiger partial charge in [-0.1, -0.05) is 23.4 Å². The fraction of sp³-hybridized carbons (Fsp3) is 0.294. The maximum Gasteiger partial charge on any atom is 0.451 e. The first kappa shape index (κ1) is 18.3. The van der Waals surface area contributed by atoms with Gasteiger partial charge in [0.1, 0.15) is 11.6 Å². The van der Waals surface area contributed by atoms with Gasteiger partial charge in [0.2, 0.25) is 11.6 Å². The van der Waals surface area contributed by atoms with Crippen molar-refractivity contribution >= 4 is 0 Å². The van der Waals surface area contributed by atoms with Crippen molar-refractivity contribution < 1.29 is 22.4 Å². The quantitative estimate of drug-likeness (QED) is 0.539. The molecule has 1 aromatic carbocycles. The van der Waals surface area contributed by atoms with Crippen molar-refractivity contribution in [2.24, 2.45) is 0 Å². The predicted octanol–water partition coefficient (Wildman–Crippen LogP) is 2.68. The fourth-order valence-electron chi connectivity index (χ4n) is 3.22. The van der Waals surface area contributed by atoms with Crippen molar-refractivity contribution in [3.8, 4) is 23.4 Å². The van der Waals surface area contributed by atoms with E-state index >= 15 is 0 Å². The summed E-state index contributed by atoms with van der Waals surface area (Å²) < 4.78 is 50.3. The number of hydrogen-bond acceptors (Lipinski definition) is 8. The van der Waals surface area contributed by atoms with Gasteiger partial charge >= 0.3 is 6.18 Å². The molecule has 4 aromatic rings. The second-order valence-electron chi connectivity index (χ2n) is 6.56. The van der Waals surface area contributed by atoms with Crippen LogP contribution in [0.25, 0.3) is 17.7 Å². The van der Waals surface area contributed by atoms with E-state index in [1.165, 1.54) is 0 Å². The zero-order valence-corrected chi connectivity index (χ0v) is 15.4. The Morgan fingerprint density at radius 3 is 2.80 bits per heavy atom. The first-order valence-corrected chi connectivity index (χ1v) is 8.89. The van der Waals surface area contributed by atoms with Crippen LogP contribution in [0.15, 0.2) is 28.8 Å². The molecular formula is C17H13F3N8O2. The van der Waals surface area contributed by atoms with Gasteiger partial charge in [-0.25, -0.2) is 4.98 Å². The minimum atomic E-state index is -4.65. The van der Waals surface area contributed by atoms with E-state index < -0.39 is 12.0 Å². The topological polar surface area (TPSA) is 120 Å². The number of hydrogen-bond donors (Lipinski definition) is 1. The third kappa shape index (κ3) is 3.07. The zero-order chi connectivity index (χ0) is 20.9. The van der Waals surface area contributed by atoms with E-state index in [2.05, 4.69) is 30.3 Å². The molecular weight excluding hydrogens is 405 g/mol. The highest BCUT2D eigenvalue weighted by atomic mass is 19.4. The average Bonchev–Trinajstić information content (AvgIpc) is 3.46. The van der Waals surface area contributed by atoms with Crippen molar-refractivity contribution in [1.82, 2.24) is 40.1 Å². The third-order valence-electron chi connectivity index (χ3n) is 4.60. The van der Waals surface area contributed by atoms with Crippen LogP contribution in [0.2, 0.25) is 0 Å². The van der Waals surface area contributed by atoms with E-state index in [1.54, 1.807) is 6.92 Å². The highest BCUT2D eigenvalue weighted by Gasteiger charge is 2.36. The number of nitrogens with one attached hydrogen (secondary N) is 1. The molecule has 0 aliphatic carbocycles. The first-order valence-electron chi connectivity index (χ1n) is 8.89. The van der Waals surface area contributed by atoms with Crippen LogP contribution in [-0.2, 0) is 6.18 Å². The lowest BCUT2D eigenvalue weighted by atomic mass is 9.92.